The molecule has 82 valence electrons. The lowest BCUT2D eigenvalue weighted by molar-refractivity contribution is -0.117. The maximum absolute atomic E-state index is 11.7. The molecule has 1 aliphatic rings. The predicted molar refractivity (Wildman–Crippen MR) is 65.8 cm³/mol. The van der Waals surface area contributed by atoms with E-state index in [0.717, 1.165) is 16.7 Å². The summed E-state index contributed by atoms with van der Waals surface area (Å²) >= 11 is 4.34. The Hall–Kier alpha value is -1.49. The number of carbonyl (C=O) groups is 1. The molecule has 4 nitrogen and oxygen atoms in total. The van der Waals surface area contributed by atoms with Gasteiger partial charge < -0.3 is 9.88 Å². The number of rotatable bonds is 1. The highest BCUT2D eigenvalue weighted by atomic mass is 32.1. The molecule has 3 rings (SSSR count). The Morgan fingerprint density at radius 3 is 3.12 bits per heavy atom. The standard InChI is InChI=1S/C11H11N3OS/c15-11-4-8(16)5-14(11)7-1-2-9-10(3-7)13-6-12-9/h1-3,6,8,16H,4-5H2,(H,12,13). The maximum Gasteiger partial charge on any atom is 0.228 e. The number of carbonyl (C=O) groups excluding carboxylic acids is 1. The average Bonchev–Trinajstić information content (AvgIpc) is 2.83. The van der Waals surface area contributed by atoms with Crippen LogP contribution in [0.2, 0.25) is 0 Å². The van der Waals surface area contributed by atoms with Crippen LogP contribution in [0.25, 0.3) is 11.0 Å². The number of anilines is 1. The molecule has 0 spiro atoms. The van der Waals surface area contributed by atoms with Gasteiger partial charge in [0.15, 0.2) is 0 Å². The summed E-state index contributed by atoms with van der Waals surface area (Å²) in [7, 11) is 0. The van der Waals surface area contributed by atoms with E-state index < -0.39 is 0 Å². The molecule has 0 radical (unpaired) electrons. The zero-order chi connectivity index (χ0) is 11.1. The molecular formula is C11H11N3OS. The van der Waals surface area contributed by atoms with E-state index in [0.29, 0.717) is 13.0 Å². The molecule has 1 N–H and O–H groups in total. The molecule has 0 aliphatic carbocycles. The number of aromatic nitrogens is 2. The number of hydrogen-bond donors (Lipinski definition) is 2. The van der Waals surface area contributed by atoms with E-state index >= 15 is 0 Å². The van der Waals surface area contributed by atoms with Crippen molar-refractivity contribution in [3.8, 4) is 0 Å². The zero-order valence-corrected chi connectivity index (χ0v) is 9.45. The molecule has 1 unspecified atom stereocenters. The molecule has 2 aromatic rings. The van der Waals surface area contributed by atoms with Gasteiger partial charge >= 0.3 is 0 Å². The highest BCUT2D eigenvalue weighted by molar-refractivity contribution is 7.81. The number of fused-ring (bicyclic) bond motifs is 1. The van der Waals surface area contributed by atoms with Gasteiger partial charge in [0, 0.05) is 23.9 Å². The van der Waals surface area contributed by atoms with E-state index in [9.17, 15) is 4.79 Å². The van der Waals surface area contributed by atoms with Crippen molar-refractivity contribution in [2.24, 2.45) is 0 Å². The fourth-order valence-corrected chi connectivity index (χ4v) is 2.35. The van der Waals surface area contributed by atoms with Gasteiger partial charge in [-0.25, -0.2) is 4.98 Å². The minimum atomic E-state index is 0.138. The topological polar surface area (TPSA) is 49.0 Å². The van der Waals surface area contributed by atoms with Gasteiger partial charge in [-0.3, -0.25) is 4.79 Å². The van der Waals surface area contributed by atoms with Crippen LogP contribution in [-0.4, -0.2) is 27.7 Å². The van der Waals surface area contributed by atoms with Crippen LogP contribution in [0.5, 0.6) is 0 Å². The number of aromatic amines is 1. The first kappa shape index (κ1) is 9.72. The van der Waals surface area contributed by atoms with Gasteiger partial charge in [0.05, 0.1) is 17.4 Å². The third-order valence-corrected chi connectivity index (χ3v) is 3.17. The Morgan fingerprint density at radius 2 is 2.38 bits per heavy atom. The van der Waals surface area contributed by atoms with Gasteiger partial charge in [0.1, 0.15) is 0 Å². The van der Waals surface area contributed by atoms with Crippen molar-refractivity contribution >= 4 is 35.3 Å². The van der Waals surface area contributed by atoms with Gasteiger partial charge in [-0.15, -0.1) is 0 Å². The molecule has 16 heavy (non-hydrogen) atoms. The second-order valence-electron chi connectivity index (χ2n) is 3.97. The van der Waals surface area contributed by atoms with Gasteiger partial charge in [-0.1, -0.05) is 0 Å². The Morgan fingerprint density at radius 1 is 1.50 bits per heavy atom. The van der Waals surface area contributed by atoms with Gasteiger partial charge in [0.2, 0.25) is 5.91 Å². The van der Waals surface area contributed by atoms with E-state index in [1.165, 1.54) is 0 Å². The molecule has 0 saturated carbocycles. The SMILES string of the molecule is O=C1CC(S)CN1c1ccc2nc[nH]c2c1. The number of benzene rings is 1. The van der Waals surface area contributed by atoms with Gasteiger partial charge in [-0.05, 0) is 18.2 Å². The first-order valence-corrected chi connectivity index (χ1v) is 5.67. The highest BCUT2D eigenvalue weighted by Gasteiger charge is 2.28. The first-order chi connectivity index (χ1) is 7.74. The largest absolute Gasteiger partial charge is 0.345 e. The van der Waals surface area contributed by atoms with E-state index in [4.69, 9.17) is 0 Å². The molecule has 1 fully saturated rings. The van der Waals surface area contributed by atoms with E-state index in [-0.39, 0.29) is 11.2 Å². The van der Waals surface area contributed by atoms with Crippen molar-refractivity contribution in [1.29, 1.82) is 0 Å². The third-order valence-electron chi connectivity index (χ3n) is 2.82. The Labute approximate surface area is 98.1 Å². The minimum absolute atomic E-state index is 0.138. The summed E-state index contributed by atoms with van der Waals surface area (Å²) in [6.45, 7) is 0.682. The summed E-state index contributed by atoms with van der Waals surface area (Å²) in [6, 6.07) is 5.79. The van der Waals surface area contributed by atoms with Crippen LogP contribution in [0.4, 0.5) is 5.69 Å². The molecule has 1 atom stereocenters. The first-order valence-electron chi connectivity index (χ1n) is 5.15. The number of nitrogens with one attached hydrogen (secondary N) is 1. The van der Waals surface area contributed by atoms with Crippen LogP contribution < -0.4 is 4.90 Å². The van der Waals surface area contributed by atoms with Crippen LogP contribution in [0.1, 0.15) is 6.42 Å². The lowest BCUT2D eigenvalue weighted by Gasteiger charge is -2.15. The van der Waals surface area contributed by atoms with Crippen LogP contribution in [0.15, 0.2) is 24.5 Å². The van der Waals surface area contributed by atoms with Crippen molar-refractivity contribution in [3.63, 3.8) is 0 Å². The van der Waals surface area contributed by atoms with Crippen molar-refractivity contribution in [2.45, 2.75) is 11.7 Å². The lowest BCUT2D eigenvalue weighted by Crippen LogP contribution is -2.24. The normalized spacial score (nSPS) is 20.9. The summed E-state index contributed by atoms with van der Waals surface area (Å²) in [5.41, 5.74) is 2.78. The maximum atomic E-state index is 11.7. The smallest absolute Gasteiger partial charge is 0.228 e. The Kier molecular flexibility index (Phi) is 2.14. The summed E-state index contributed by atoms with van der Waals surface area (Å²) in [4.78, 5) is 20.7. The fraction of sp³-hybridized carbons (Fsp3) is 0.273. The molecule has 2 heterocycles. The quantitative estimate of drug-likeness (QED) is 0.735. The predicted octanol–water partition coefficient (Wildman–Crippen LogP) is 1.60. The monoisotopic (exact) mass is 233 g/mol. The number of imidazole rings is 1. The number of H-pyrrole nitrogens is 1. The second-order valence-corrected chi connectivity index (χ2v) is 4.70. The molecule has 0 bridgehead atoms. The third kappa shape index (κ3) is 1.48. The van der Waals surface area contributed by atoms with Crippen molar-refractivity contribution < 1.29 is 4.79 Å². The fourth-order valence-electron chi connectivity index (χ4n) is 2.03. The van der Waals surface area contributed by atoms with E-state index in [1.807, 2.05) is 18.2 Å². The lowest BCUT2D eigenvalue weighted by atomic mass is 10.2. The number of amides is 1. The van der Waals surface area contributed by atoms with Crippen molar-refractivity contribution in [1.82, 2.24) is 9.97 Å². The number of thiol groups is 1. The number of nitrogens with zero attached hydrogens (tertiary/aromatic N) is 2. The average molecular weight is 233 g/mol. The molecule has 1 saturated heterocycles. The summed E-state index contributed by atoms with van der Waals surface area (Å²) < 4.78 is 0. The molecule has 1 aromatic heterocycles. The molecule has 1 aromatic carbocycles. The Bertz CT molecular complexity index is 551. The summed E-state index contributed by atoms with van der Waals surface area (Å²) in [5, 5.41) is 0.143. The minimum Gasteiger partial charge on any atom is -0.345 e. The Balaban J connectivity index is 2.02. The molecular weight excluding hydrogens is 222 g/mol. The van der Waals surface area contributed by atoms with E-state index in [2.05, 4.69) is 22.6 Å². The summed E-state index contributed by atoms with van der Waals surface area (Å²) in [5.74, 6) is 0.138. The molecule has 1 aliphatic heterocycles. The van der Waals surface area contributed by atoms with Gasteiger partial charge in [0.25, 0.3) is 0 Å². The molecule has 1 amide bonds. The summed E-state index contributed by atoms with van der Waals surface area (Å²) in [6.07, 6.45) is 2.17. The van der Waals surface area contributed by atoms with Crippen LogP contribution in [0, 0.1) is 0 Å². The van der Waals surface area contributed by atoms with Gasteiger partial charge in [-0.2, -0.15) is 12.6 Å². The highest BCUT2D eigenvalue weighted by Crippen LogP contribution is 2.26. The zero-order valence-electron chi connectivity index (χ0n) is 8.55. The van der Waals surface area contributed by atoms with Crippen LogP contribution in [0.3, 0.4) is 0 Å². The second kappa shape index (κ2) is 3.52. The number of hydrogen-bond acceptors (Lipinski definition) is 3. The van der Waals surface area contributed by atoms with Crippen LogP contribution in [-0.2, 0) is 4.79 Å². The van der Waals surface area contributed by atoms with Crippen molar-refractivity contribution in [3.05, 3.63) is 24.5 Å². The van der Waals surface area contributed by atoms with Crippen molar-refractivity contribution in [2.75, 3.05) is 11.4 Å². The molecule has 5 heteroatoms. The van der Waals surface area contributed by atoms with Crippen LogP contribution >= 0.6 is 12.6 Å². The van der Waals surface area contributed by atoms with E-state index in [1.54, 1.807) is 11.2 Å².